The molecule has 0 aliphatic heterocycles. The van der Waals surface area contributed by atoms with Gasteiger partial charge in [0.05, 0.1) is 13.3 Å². The van der Waals surface area contributed by atoms with Crippen molar-refractivity contribution >= 4 is 18.4 Å². The summed E-state index contributed by atoms with van der Waals surface area (Å²) in [6.07, 6.45) is 1.43. The van der Waals surface area contributed by atoms with E-state index in [2.05, 4.69) is 21.8 Å². The van der Waals surface area contributed by atoms with E-state index in [1.54, 1.807) is 7.11 Å². The number of nitrogens with zero attached hydrogens (tertiary/aromatic N) is 4. The molecule has 0 unspecified atom stereocenters. The van der Waals surface area contributed by atoms with Crippen molar-refractivity contribution in [1.82, 2.24) is 14.8 Å². The van der Waals surface area contributed by atoms with Crippen LogP contribution in [0.1, 0.15) is 5.82 Å². The van der Waals surface area contributed by atoms with Crippen LogP contribution in [0.3, 0.4) is 0 Å². The molecule has 0 bridgehead atoms. The van der Waals surface area contributed by atoms with Gasteiger partial charge in [-0.1, -0.05) is 0 Å². The highest BCUT2D eigenvalue weighted by molar-refractivity contribution is 5.54. The molecule has 0 aliphatic rings. The molecule has 0 aromatic carbocycles. The van der Waals surface area contributed by atoms with Gasteiger partial charge in [-0.2, -0.15) is 4.98 Å². The van der Waals surface area contributed by atoms with Crippen LogP contribution in [0.5, 0.6) is 0 Å². The van der Waals surface area contributed by atoms with Crippen LogP contribution in [0.15, 0.2) is 11.2 Å². The number of aliphatic imine (C=N–C) groups is 1. The number of ether oxygens (including phenoxy) is 2. The molecule has 0 aliphatic carbocycles. The number of anilines is 1. The summed E-state index contributed by atoms with van der Waals surface area (Å²) in [5, 5.41) is 3.93. The van der Waals surface area contributed by atoms with Crippen LogP contribution in [-0.2, 0) is 16.2 Å². The van der Waals surface area contributed by atoms with E-state index in [-0.39, 0.29) is 12.7 Å². The minimum Gasteiger partial charge on any atom is -0.491 e. The molecule has 0 radical (unpaired) electrons. The van der Waals surface area contributed by atoms with E-state index in [4.69, 9.17) is 15.2 Å². The van der Waals surface area contributed by atoms with Crippen LogP contribution in [0.4, 0.5) is 5.95 Å². The Morgan fingerprint density at radius 3 is 2.93 bits per heavy atom. The maximum absolute atomic E-state index is 5.47. The zero-order chi connectivity index (χ0) is 11.3. The Morgan fingerprint density at radius 2 is 2.40 bits per heavy atom. The summed E-state index contributed by atoms with van der Waals surface area (Å²) in [6, 6.07) is 0. The molecule has 15 heavy (non-hydrogen) atoms. The number of nitrogen functional groups attached to an aromatic ring is 1. The molecule has 0 amide bonds. The summed E-state index contributed by atoms with van der Waals surface area (Å²) < 4.78 is 11.5. The molecule has 0 saturated carbocycles. The minimum atomic E-state index is 0.147. The number of aromatic nitrogens is 3. The Morgan fingerprint density at radius 1 is 1.67 bits per heavy atom. The lowest BCUT2D eigenvalue weighted by atomic mass is 10.5. The fourth-order valence-electron chi connectivity index (χ4n) is 1.04. The van der Waals surface area contributed by atoms with Gasteiger partial charge in [-0.05, 0) is 6.72 Å². The maximum atomic E-state index is 5.47. The van der Waals surface area contributed by atoms with Crippen LogP contribution < -0.4 is 5.73 Å². The van der Waals surface area contributed by atoms with E-state index in [1.807, 2.05) is 0 Å². The fraction of sp³-hybridized carbons (Fsp3) is 0.375. The first-order valence-corrected chi connectivity index (χ1v) is 4.12. The van der Waals surface area contributed by atoms with Crippen LogP contribution in [0.2, 0.25) is 0 Å². The molecule has 1 aromatic heterocycles. The van der Waals surface area contributed by atoms with Gasteiger partial charge in [-0.25, -0.2) is 4.68 Å². The van der Waals surface area contributed by atoms with E-state index >= 15 is 0 Å². The summed E-state index contributed by atoms with van der Waals surface area (Å²) in [5.41, 5.74) is 5.47. The Labute approximate surface area is 87.2 Å². The smallest absolute Gasteiger partial charge is 0.240 e. The molecule has 0 saturated heterocycles. The van der Waals surface area contributed by atoms with Gasteiger partial charge in [0.25, 0.3) is 0 Å². The largest absolute Gasteiger partial charge is 0.491 e. The second-order valence-corrected chi connectivity index (χ2v) is 2.59. The number of hydrogen-bond donors (Lipinski definition) is 1. The first-order valence-electron chi connectivity index (χ1n) is 4.12. The Kier molecular flexibility index (Phi) is 3.81. The van der Waals surface area contributed by atoms with E-state index in [0.29, 0.717) is 11.6 Å². The van der Waals surface area contributed by atoms with Gasteiger partial charge < -0.3 is 15.2 Å². The van der Waals surface area contributed by atoms with Crippen LogP contribution in [0.25, 0.3) is 5.76 Å². The highest BCUT2D eigenvalue weighted by Crippen LogP contribution is 2.13. The van der Waals surface area contributed by atoms with Crippen molar-refractivity contribution < 1.29 is 9.47 Å². The molecule has 7 heteroatoms. The zero-order valence-corrected chi connectivity index (χ0v) is 8.67. The van der Waals surface area contributed by atoms with Gasteiger partial charge in [0.2, 0.25) is 5.95 Å². The Balaban J connectivity index is 3.09. The standard InChI is InChI=1S/C8H13N5O2/c1-10-4-6(15-3)7-11-8(9)12-13(7)5-14-2/h4H,1,5H2,2-3H3,(H2,9,12)/b6-4+. The van der Waals surface area contributed by atoms with Crippen molar-refractivity contribution in [2.24, 2.45) is 4.99 Å². The van der Waals surface area contributed by atoms with Crippen molar-refractivity contribution in [3.05, 3.63) is 12.0 Å². The van der Waals surface area contributed by atoms with Crippen molar-refractivity contribution in [2.75, 3.05) is 20.0 Å². The predicted molar refractivity (Wildman–Crippen MR) is 56.0 cm³/mol. The zero-order valence-electron chi connectivity index (χ0n) is 8.67. The summed E-state index contributed by atoms with van der Waals surface area (Å²) in [4.78, 5) is 7.58. The predicted octanol–water partition coefficient (Wildman–Crippen LogP) is 0.110. The average molecular weight is 211 g/mol. The van der Waals surface area contributed by atoms with E-state index < -0.39 is 0 Å². The molecule has 2 N–H and O–H groups in total. The topological polar surface area (TPSA) is 87.5 Å². The maximum Gasteiger partial charge on any atom is 0.240 e. The summed E-state index contributed by atoms with van der Waals surface area (Å²) >= 11 is 0. The highest BCUT2D eigenvalue weighted by atomic mass is 16.5. The molecule has 1 heterocycles. The molecule has 1 rings (SSSR count). The van der Waals surface area contributed by atoms with Crippen molar-refractivity contribution in [3.8, 4) is 0 Å². The second-order valence-electron chi connectivity index (χ2n) is 2.59. The lowest BCUT2D eigenvalue weighted by molar-refractivity contribution is 0.118. The molecular weight excluding hydrogens is 198 g/mol. The third-order valence-corrected chi connectivity index (χ3v) is 1.59. The monoisotopic (exact) mass is 211 g/mol. The summed E-state index contributed by atoms with van der Waals surface area (Å²) in [5.74, 6) is 1.02. The van der Waals surface area contributed by atoms with Gasteiger partial charge >= 0.3 is 0 Å². The molecule has 0 spiro atoms. The average Bonchev–Trinajstić information content (AvgIpc) is 2.56. The minimum absolute atomic E-state index is 0.147. The first-order chi connectivity index (χ1) is 7.22. The fourth-order valence-corrected chi connectivity index (χ4v) is 1.04. The highest BCUT2D eigenvalue weighted by Gasteiger charge is 2.12. The normalized spacial score (nSPS) is 11.5. The molecule has 1 aromatic rings. The second kappa shape index (κ2) is 5.11. The molecular formula is C8H13N5O2. The van der Waals surface area contributed by atoms with E-state index in [1.165, 1.54) is 18.0 Å². The number of rotatable bonds is 5. The number of hydrogen-bond acceptors (Lipinski definition) is 6. The Hall–Kier alpha value is -1.89. The third-order valence-electron chi connectivity index (χ3n) is 1.59. The first kappa shape index (κ1) is 11.2. The van der Waals surface area contributed by atoms with Gasteiger partial charge in [0, 0.05) is 7.11 Å². The lowest BCUT2D eigenvalue weighted by Crippen LogP contribution is -2.07. The van der Waals surface area contributed by atoms with Crippen molar-refractivity contribution in [1.29, 1.82) is 0 Å². The van der Waals surface area contributed by atoms with Crippen LogP contribution >= 0.6 is 0 Å². The van der Waals surface area contributed by atoms with Crippen LogP contribution in [0, 0.1) is 0 Å². The summed E-state index contributed by atoms with van der Waals surface area (Å²) in [7, 11) is 3.04. The van der Waals surface area contributed by atoms with Gasteiger partial charge in [0.15, 0.2) is 11.6 Å². The number of nitrogens with two attached hydrogens (primary N) is 1. The lowest BCUT2D eigenvalue weighted by Gasteiger charge is -2.05. The molecule has 0 fully saturated rings. The SMILES string of the molecule is C=N/C=C(/OC)c1nc(N)nn1COC. The molecule has 0 atom stereocenters. The van der Waals surface area contributed by atoms with E-state index in [9.17, 15) is 0 Å². The van der Waals surface area contributed by atoms with Crippen molar-refractivity contribution in [2.45, 2.75) is 6.73 Å². The molecule has 82 valence electrons. The van der Waals surface area contributed by atoms with Gasteiger partial charge in [0.1, 0.15) is 6.73 Å². The quantitative estimate of drug-likeness (QED) is 0.551. The Bertz CT molecular complexity index is 371. The van der Waals surface area contributed by atoms with Crippen LogP contribution in [-0.4, -0.2) is 35.7 Å². The third kappa shape index (κ3) is 2.53. The number of methoxy groups -OCH3 is 2. The van der Waals surface area contributed by atoms with Gasteiger partial charge in [-0.3, -0.25) is 4.99 Å². The summed E-state index contributed by atoms with van der Waals surface area (Å²) in [6.45, 7) is 3.56. The molecule has 7 nitrogen and oxygen atoms in total. The van der Waals surface area contributed by atoms with E-state index in [0.717, 1.165) is 0 Å². The van der Waals surface area contributed by atoms with Gasteiger partial charge in [-0.15, -0.1) is 5.10 Å². The van der Waals surface area contributed by atoms with Crippen molar-refractivity contribution in [3.63, 3.8) is 0 Å².